The van der Waals surface area contributed by atoms with Crippen molar-refractivity contribution >= 4 is 10.2 Å². The smallest absolute Gasteiger partial charge is 0.272 e. The molecule has 0 atom stereocenters. The molecule has 1 aromatic heterocycles. The second-order valence-electron chi connectivity index (χ2n) is 4.20. The minimum atomic E-state index is -3.33. The number of hydrogen-bond acceptors (Lipinski definition) is 3. The lowest BCUT2D eigenvalue weighted by molar-refractivity contribution is 0.506. The Labute approximate surface area is 103 Å². The number of nitrogens with one attached hydrogen (secondary N) is 1. The molecule has 0 saturated carbocycles. The molecule has 0 fully saturated rings. The van der Waals surface area contributed by atoms with Crippen molar-refractivity contribution in [2.75, 3.05) is 20.6 Å². The van der Waals surface area contributed by atoms with Crippen LogP contribution in [0.3, 0.4) is 0 Å². The summed E-state index contributed by atoms with van der Waals surface area (Å²) in [5.41, 5.74) is 3.13. The fourth-order valence-corrected chi connectivity index (χ4v) is 2.23. The predicted octanol–water partition coefficient (Wildman–Crippen LogP) is -0.0246. The van der Waals surface area contributed by atoms with Gasteiger partial charge in [-0.15, -0.1) is 0 Å². The maximum absolute atomic E-state index is 11.5. The van der Waals surface area contributed by atoms with Crippen LogP contribution in [-0.2, 0) is 23.7 Å². The lowest BCUT2D eigenvalue weighted by Gasteiger charge is -2.12. The fraction of sp³-hybridized carbons (Fsp3) is 0.700. The molecule has 17 heavy (non-hydrogen) atoms. The molecule has 1 N–H and O–H groups in total. The highest BCUT2D eigenvalue weighted by molar-refractivity contribution is 7.87. The third-order valence-corrected chi connectivity index (χ3v) is 4.33. The van der Waals surface area contributed by atoms with Gasteiger partial charge in [0.15, 0.2) is 0 Å². The number of aromatic nitrogens is 2. The molecule has 0 amide bonds. The molecular weight excluding hydrogens is 240 g/mol. The van der Waals surface area contributed by atoms with Crippen molar-refractivity contribution in [2.45, 2.75) is 20.3 Å². The first kappa shape index (κ1) is 14.1. The van der Waals surface area contributed by atoms with Crippen LogP contribution >= 0.6 is 0 Å². The van der Waals surface area contributed by atoms with E-state index in [1.807, 2.05) is 25.6 Å². The van der Waals surface area contributed by atoms with Crippen molar-refractivity contribution in [1.29, 1.82) is 0 Å². The summed E-state index contributed by atoms with van der Waals surface area (Å²) >= 11 is 0. The summed E-state index contributed by atoms with van der Waals surface area (Å²) < 4.78 is 28.5. The van der Waals surface area contributed by atoms with Crippen LogP contribution in [0.5, 0.6) is 0 Å². The van der Waals surface area contributed by atoms with E-state index in [-0.39, 0.29) is 0 Å². The maximum atomic E-state index is 11.5. The second-order valence-corrected chi connectivity index (χ2v) is 6.17. The van der Waals surface area contributed by atoms with Crippen molar-refractivity contribution in [1.82, 2.24) is 18.8 Å². The molecule has 98 valence electrons. The second kappa shape index (κ2) is 5.16. The molecule has 0 aliphatic rings. The molecule has 0 unspecified atom stereocenters. The van der Waals surface area contributed by atoms with Gasteiger partial charge in [0.05, 0.1) is 5.69 Å². The standard InChI is InChI=1S/C10H20N4O2S/c1-8-10(9(2)14(5)12-8)6-7-11-17(15,16)13(3)4/h11H,6-7H2,1-5H3. The Morgan fingerprint density at radius 1 is 1.35 bits per heavy atom. The average Bonchev–Trinajstić information content (AvgIpc) is 2.44. The Balaban J connectivity index is 2.64. The van der Waals surface area contributed by atoms with Crippen LogP contribution in [0.1, 0.15) is 17.0 Å². The summed E-state index contributed by atoms with van der Waals surface area (Å²) in [4.78, 5) is 0. The highest BCUT2D eigenvalue weighted by Gasteiger charge is 2.14. The van der Waals surface area contributed by atoms with E-state index in [1.165, 1.54) is 14.1 Å². The van der Waals surface area contributed by atoms with Gasteiger partial charge in [-0.05, 0) is 25.8 Å². The van der Waals surface area contributed by atoms with Crippen LogP contribution in [0.15, 0.2) is 0 Å². The van der Waals surface area contributed by atoms with Gasteiger partial charge in [-0.25, -0.2) is 4.72 Å². The zero-order valence-corrected chi connectivity index (χ0v) is 11.8. The van der Waals surface area contributed by atoms with Crippen LogP contribution in [0.2, 0.25) is 0 Å². The lowest BCUT2D eigenvalue weighted by atomic mass is 10.1. The van der Waals surface area contributed by atoms with E-state index >= 15 is 0 Å². The molecule has 1 rings (SSSR count). The number of hydrogen-bond donors (Lipinski definition) is 1. The zero-order valence-electron chi connectivity index (χ0n) is 11.0. The summed E-state index contributed by atoms with van der Waals surface area (Å²) in [5, 5.41) is 4.29. The Morgan fingerprint density at radius 2 is 1.94 bits per heavy atom. The zero-order chi connectivity index (χ0) is 13.2. The van der Waals surface area contributed by atoms with Crippen molar-refractivity contribution < 1.29 is 8.42 Å². The molecule has 0 aliphatic carbocycles. The molecule has 0 aliphatic heterocycles. The SMILES string of the molecule is Cc1nn(C)c(C)c1CCNS(=O)(=O)N(C)C. The Bertz CT molecular complexity index is 491. The van der Waals surface area contributed by atoms with Gasteiger partial charge in [0.2, 0.25) is 0 Å². The van der Waals surface area contributed by atoms with Gasteiger partial charge >= 0.3 is 0 Å². The quantitative estimate of drug-likeness (QED) is 0.809. The Kier molecular flexibility index (Phi) is 4.29. The highest BCUT2D eigenvalue weighted by atomic mass is 32.2. The maximum Gasteiger partial charge on any atom is 0.278 e. The average molecular weight is 260 g/mol. The minimum absolute atomic E-state index is 0.383. The van der Waals surface area contributed by atoms with Gasteiger partial charge in [-0.2, -0.15) is 17.8 Å². The van der Waals surface area contributed by atoms with Crippen LogP contribution in [0.4, 0.5) is 0 Å². The minimum Gasteiger partial charge on any atom is -0.272 e. The van der Waals surface area contributed by atoms with Crippen LogP contribution < -0.4 is 4.72 Å². The normalized spacial score (nSPS) is 12.4. The van der Waals surface area contributed by atoms with Crippen LogP contribution in [0.25, 0.3) is 0 Å². The van der Waals surface area contributed by atoms with Crippen molar-refractivity contribution in [3.05, 3.63) is 17.0 Å². The van der Waals surface area contributed by atoms with Gasteiger partial charge < -0.3 is 0 Å². The van der Waals surface area contributed by atoms with E-state index in [0.717, 1.165) is 21.3 Å². The first-order chi connectivity index (χ1) is 7.75. The number of aryl methyl sites for hydroxylation is 2. The van der Waals surface area contributed by atoms with Crippen molar-refractivity contribution in [2.24, 2.45) is 7.05 Å². The van der Waals surface area contributed by atoms with Crippen LogP contribution in [-0.4, -0.2) is 43.1 Å². The largest absolute Gasteiger partial charge is 0.278 e. The monoisotopic (exact) mass is 260 g/mol. The summed E-state index contributed by atoms with van der Waals surface area (Å²) in [6.07, 6.45) is 0.651. The molecule has 0 radical (unpaired) electrons. The summed E-state index contributed by atoms with van der Waals surface area (Å²) in [7, 11) is 1.56. The molecule has 0 saturated heterocycles. The third kappa shape index (κ3) is 3.27. The van der Waals surface area contributed by atoms with Crippen molar-refractivity contribution in [3.63, 3.8) is 0 Å². The summed E-state index contributed by atoms with van der Waals surface area (Å²) in [6, 6.07) is 0. The summed E-state index contributed by atoms with van der Waals surface area (Å²) in [6.45, 7) is 4.30. The fourth-order valence-electron chi connectivity index (χ4n) is 1.61. The topological polar surface area (TPSA) is 67.2 Å². The van der Waals surface area contributed by atoms with Crippen molar-refractivity contribution in [3.8, 4) is 0 Å². The molecule has 0 bridgehead atoms. The summed E-state index contributed by atoms with van der Waals surface area (Å²) in [5.74, 6) is 0. The predicted molar refractivity (Wildman–Crippen MR) is 67.0 cm³/mol. The molecule has 7 heteroatoms. The van der Waals surface area contributed by atoms with E-state index in [2.05, 4.69) is 9.82 Å². The van der Waals surface area contributed by atoms with Crippen LogP contribution in [0, 0.1) is 13.8 Å². The van der Waals surface area contributed by atoms with Gasteiger partial charge in [-0.1, -0.05) is 0 Å². The number of rotatable bonds is 5. The molecule has 1 heterocycles. The van der Waals surface area contributed by atoms with E-state index < -0.39 is 10.2 Å². The first-order valence-corrected chi connectivity index (χ1v) is 6.86. The van der Waals surface area contributed by atoms with E-state index in [0.29, 0.717) is 13.0 Å². The molecule has 0 aromatic carbocycles. The molecule has 1 aromatic rings. The van der Waals surface area contributed by atoms with E-state index in [1.54, 1.807) is 0 Å². The van der Waals surface area contributed by atoms with E-state index in [4.69, 9.17) is 0 Å². The van der Waals surface area contributed by atoms with Gasteiger partial charge in [0, 0.05) is 33.4 Å². The van der Waals surface area contributed by atoms with Gasteiger partial charge in [0.25, 0.3) is 10.2 Å². The molecular formula is C10H20N4O2S. The highest BCUT2D eigenvalue weighted by Crippen LogP contribution is 2.11. The van der Waals surface area contributed by atoms with E-state index in [9.17, 15) is 8.42 Å². The Morgan fingerprint density at radius 3 is 2.35 bits per heavy atom. The Hall–Kier alpha value is -0.920. The molecule has 0 spiro atoms. The van der Waals surface area contributed by atoms with Gasteiger partial charge in [0.1, 0.15) is 0 Å². The lowest BCUT2D eigenvalue weighted by Crippen LogP contribution is -2.36. The first-order valence-electron chi connectivity index (χ1n) is 5.42. The number of nitrogens with zero attached hydrogens (tertiary/aromatic N) is 3. The molecule has 6 nitrogen and oxygen atoms in total. The van der Waals surface area contributed by atoms with Gasteiger partial charge in [-0.3, -0.25) is 4.68 Å². The third-order valence-electron chi connectivity index (χ3n) is 2.80.